The molecule has 0 amide bonds. The van der Waals surface area contributed by atoms with Crippen molar-refractivity contribution in [3.8, 4) is 5.75 Å². The van der Waals surface area contributed by atoms with E-state index in [0.29, 0.717) is 0 Å². The summed E-state index contributed by atoms with van der Waals surface area (Å²) in [5.74, 6) is 0.879. The topological polar surface area (TPSA) is 30.5 Å². The van der Waals surface area contributed by atoms with Gasteiger partial charge in [0, 0.05) is 7.11 Å². The highest BCUT2D eigenvalue weighted by molar-refractivity contribution is 5.29. The molecule has 1 aromatic carbocycles. The zero-order chi connectivity index (χ0) is 12.0. The van der Waals surface area contributed by atoms with Crippen molar-refractivity contribution in [3.63, 3.8) is 0 Å². The molecule has 90 valence electrons. The van der Waals surface area contributed by atoms with Crippen molar-refractivity contribution in [2.75, 3.05) is 20.8 Å². The summed E-state index contributed by atoms with van der Waals surface area (Å²) in [6.07, 6.45) is 0.147. The van der Waals surface area contributed by atoms with Crippen LogP contribution in [0.15, 0.2) is 24.3 Å². The third kappa shape index (κ3) is 3.22. The molecule has 0 spiro atoms. The molecule has 0 aliphatic rings. The molecule has 0 saturated heterocycles. The third-order valence-electron chi connectivity index (χ3n) is 2.74. The van der Waals surface area contributed by atoms with Crippen molar-refractivity contribution in [3.05, 3.63) is 29.8 Å². The highest BCUT2D eigenvalue weighted by Crippen LogP contribution is 2.21. The summed E-state index contributed by atoms with van der Waals surface area (Å²) >= 11 is 0. The van der Waals surface area contributed by atoms with Crippen molar-refractivity contribution < 1.29 is 9.47 Å². The van der Waals surface area contributed by atoms with E-state index >= 15 is 0 Å². The van der Waals surface area contributed by atoms with Gasteiger partial charge in [0.1, 0.15) is 5.75 Å². The Kier molecular flexibility index (Phi) is 5.29. The SMILES string of the molecule is CCNC(c1ccc(OC)cc1)C(C)OC. The summed E-state index contributed by atoms with van der Waals surface area (Å²) in [5.41, 5.74) is 1.22. The van der Waals surface area contributed by atoms with Gasteiger partial charge in [-0.2, -0.15) is 0 Å². The Labute approximate surface area is 97.8 Å². The minimum absolute atomic E-state index is 0.147. The van der Waals surface area contributed by atoms with Crippen LogP contribution in [0.5, 0.6) is 5.75 Å². The summed E-state index contributed by atoms with van der Waals surface area (Å²) < 4.78 is 10.5. The minimum Gasteiger partial charge on any atom is -0.497 e. The number of benzene rings is 1. The average molecular weight is 223 g/mol. The molecule has 0 aliphatic carbocycles. The molecule has 0 bridgehead atoms. The summed E-state index contributed by atoms with van der Waals surface area (Å²) in [6.45, 7) is 5.08. The quantitative estimate of drug-likeness (QED) is 0.803. The molecule has 0 saturated carbocycles. The molecule has 16 heavy (non-hydrogen) atoms. The lowest BCUT2D eigenvalue weighted by Gasteiger charge is -2.24. The Hall–Kier alpha value is -1.06. The summed E-state index contributed by atoms with van der Waals surface area (Å²) in [6, 6.07) is 8.31. The molecule has 1 N–H and O–H groups in total. The zero-order valence-electron chi connectivity index (χ0n) is 10.5. The number of methoxy groups -OCH3 is 2. The van der Waals surface area contributed by atoms with Gasteiger partial charge in [-0.1, -0.05) is 19.1 Å². The fourth-order valence-electron chi connectivity index (χ4n) is 1.72. The van der Waals surface area contributed by atoms with Crippen molar-refractivity contribution in [2.24, 2.45) is 0 Å². The first-order valence-corrected chi connectivity index (χ1v) is 5.63. The number of ether oxygens (including phenoxy) is 2. The van der Waals surface area contributed by atoms with Crippen molar-refractivity contribution in [2.45, 2.75) is 26.0 Å². The number of rotatable bonds is 6. The Bertz CT molecular complexity index is 297. The fraction of sp³-hybridized carbons (Fsp3) is 0.538. The highest BCUT2D eigenvalue weighted by Gasteiger charge is 2.17. The van der Waals surface area contributed by atoms with Crippen molar-refractivity contribution in [1.29, 1.82) is 0 Å². The molecule has 1 rings (SSSR count). The van der Waals surface area contributed by atoms with Crippen LogP contribution in [-0.4, -0.2) is 26.9 Å². The normalized spacial score (nSPS) is 14.5. The maximum Gasteiger partial charge on any atom is 0.118 e. The standard InChI is InChI=1S/C13H21NO2/c1-5-14-13(10(2)15-3)11-6-8-12(16-4)9-7-11/h6-10,13-14H,5H2,1-4H3. The van der Waals surface area contributed by atoms with Gasteiger partial charge < -0.3 is 14.8 Å². The van der Waals surface area contributed by atoms with Crippen LogP contribution in [0.4, 0.5) is 0 Å². The molecule has 3 nitrogen and oxygen atoms in total. The number of hydrogen-bond acceptors (Lipinski definition) is 3. The number of nitrogens with one attached hydrogen (secondary N) is 1. The van der Waals surface area contributed by atoms with E-state index in [-0.39, 0.29) is 12.1 Å². The maximum absolute atomic E-state index is 5.38. The van der Waals surface area contributed by atoms with Crippen LogP contribution in [-0.2, 0) is 4.74 Å². The summed E-state index contributed by atoms with van der Waals surface area (Å²) in [7, 11) is 3.41. The molecule has 1 aromatic rings. The van der Waals surface area contributed by atoms with Crippen molar-refractivity contribution in [1.82, 2.24) is 5.32 Å². The van der Waals surface area contributed by atoms with Gasteiger partial charge in [-0.05, 0) is 31.2 Å². The fourth-order valence-corrected chi connectivity index (χ4v) is 1.72. The average Bonchev–Trinajstić information content (AvgIpc) is 2.35. The Balaban J connectivity index is 2.83. The number of likely N-dealkylation sites (N-methyl/N-ethyl adjacent to an activating group) is 1. The van der Waals surface area contributed by atoms with Gasteiger partial charge in [0.05, 0.1) is 19.3 Å². The third-order valence-corrected chi connectivity index (χ3v) is 2.74. The van der Waals surface area contributed by atoms with Gasteiger partial charge >= 0.3 is 0 Å². The molecule has 0 radical (unpaired) electrons. The molecular formula is C13H21NO2. The second-order valence-corrected chi connectivity index (χ2v) is 3.75. The Morgan fingerprint density at radius 3 is 2.25 bits per heavy atom. The molecule has 3 heteroatoms. The lowest BCUT2D eigenvalue weighted by atomic mass is 10.0. The molecule has 0 heterocycles. The van der Waals surface area contributed by atoms with E-state index in [0.717, 1.165) is 12.3 Å². The van der Waals surface area contributed by atoms with E-state index in [9.17, 15) is 0 Å². The molecule has 0 fully saturated rings. The Morgan fingerprint density at radius 2 is 1.81 bits per heavy atom. The maximum atomic E-state index is 5.38. The van der Waals surface area contributed by atoms with Crippen LogP contribution in [0.25, 0.3) is 0 Å². The summed E-state index contributed by atoms with van der Waals surface area (Å²) in [4.78, 5) is 0. The largest absolute Gasteiger partial charge is 0.497 e. The van der Waals surface area contributed by atoms with Crippen LogP contribution in [0.1, 0.15) is 25.5 Å². The predicted molar refractivity (Wildman–Crippen MR) is 65.9 cm³/mol. The number of hydrogen-bond donors (Lipinski definition) is 1. The van der Waals surface area contributed by atoms with Crippen LogP contribution in [0, 0.1) is 0 Å². The molecule has 0 aliphatic heterocycles. The lowest BCUT2D eigenvalue weighted by molar-refractivity contribution is 0.0835. The van der Waals surface area contributed by atoms with E-state index in [4.69, 9.17) is 9.47 Å². The van der Waals surface area contributed by atoms with Gasteiger partial charge in [-0.25, -0.2) is 0 Å². The first-order chi connectivity index (χ1) is 7.72. The second-order valence-electron chi connectivity index (χ2n) is 3.75. The van der Waals surface area contributed by atoms with E-state index in [1.807, 2.05) is 12.1 Å². The van der Waals surface area contributed by atoms with E-state index in [1.54, 1.807) is 14.2 Å². The van der Waals surface area contributed by atoms with Gasteiger partial charge in [0.25, 0.3) is 0 Å². The zero-order valence-corrected chi connectivity index (χ0v) is 10.5. The first-order valence-electron chi connectivity index (χ1n) is 5.63. The lowest BCUT2D eigenvalue weighted by Crippen LogP contribution is -2.31. The predicted octanol–water partition coefficient (Wildman–Crippen LogP) is 2.38. The minimum atomic E-state index is 0.147. The Morgan fingerprint density at radius 1 is 1.19 bits per heavy atom. The smallest absolute Gasteiger partial charge is 0.118 e. The van der Waals surface area contributed by atoms with Gasteiger partial charge in [0.15, 0.2) is 0 Å². The van der Waals surface area contributed by atoms with Gasteiger partial charge in [-0.15, -0.1) is 0 Å². The molecule has 2 unspecified atom stereocenters. The van der Waals surface area contributed by atoms with Gasteiger partial charge in [-0.3, -0.25) is 0 Å². The first kappa shape index (κ1) is 13.0. The molecular weight excluding hydrogens is 202 g/mol. The van der Waals surface area contributed by atoms with Crippen molar-refractivity contribution >= 4 is 0 Å². The van der Waals surface area contributed by atoms with E-state index < -0.39 is 0 Å². The van der Waals surface area contributed by atoms with Crippen LogP contribution < -0.4 is 10.1 Å². The van der Waals surface area contributed by atoms with Crippen LogP contribution in [0.2, 0.25) is 0 Å². The van der Waals surface area contributed by atoms with E-state index in [1.165, 1.54) is 5.56 Å². The van der Waals surface area contributed by atoms with E-state index in [2.05, 4.69) is 31.3 Å². The van der Waals surface area contributed by atoms with Crippen LogP contribution in [0.3, 0.4) is 0 Å². The molecule has 2 atom stereocenters. The highest BCUT2D eigenvalue weighted by atomic mass is 16.5. The second kappa shape index (κ2) is 6.51. The van der Waals surface area contributed by atoms with Gasteiger partial charge in [0.2, 0.25) is 0 Å². The molecule has 0 aromatic heterocycles. The summed E-state index contributed by atoms with van der Waals surface area (Å²) in [5, 5.41) is 3.42. The van der Waals surface area contributed by atoms with Crippen LogP contribution >= 0.6 is 0 Å². The monoisotopic (exact) mass is 223 g/mol.